The fourth-order valence-corrected chi connectivity index (χ4v) is 4.90. The first-order valence-electron chi connectivity index (χ1n) is 11.5. The maximum Gasteiger partial charge on any atom is 0.295 e. The van der Waals surface area contributed by atoms with E-state index < -0.39 is 17.7 Å². The Kier molecular flexibility index (Phi) is 5.88. The third-order valence-corrected chi connectivity index (χ3v) is 6.70. The van der Waals surface area contributed by atoms with Crippen molar-refractivity contribution in [2.75, 3.05) is 7.11 Å². The SMILES string of the molecule is COc1ccc(C2/C(=C(/O)c3ccc4c(c3)CCCC4)C(=O)C(=O)N2Cc2ccncc2)cc1. The van der Waals surface area contributed by atoms with E-state index in [0.29, 0.717) is 11.3 Å². The number of aliphatic hydroxyl groups is 1. The average molecular weight is 455 g/mol. The number of aryl methyl sites for hydroxylation is 2. The number of pyridine rings is 1. The number of Topliss-reactive ketones (excluding diaryl/α,β-unsaturated/α-hetero) is 1. The van der Waals surface area contributed by atoms with Crippen LogP contribution in [0.3, 0.4) is 0 Å². The lowest BCUT2D eigenvalue weighted by Crippen LogP contribution is -2.29. The van der Waals surface area contributed by atoms with Gasteiger partial charge < -0.3 is 14.7 Å². The number of hydrogen-bond donors (Lipinski definition) is 1. The Morgan fingerprint density at radius 3 is 2.41 bits per heavy atom. The maximum absolute atomic E-state index is 13.3. The maximum atomic E-state index is 13.3. The van der Waals surface area contributed by atoms with Gasteiger partial charge in [0.25, 0.3) is 11.7 Å². The van der Waals surface area contributed by atoms with Gasteiger partial charge in [-0.15, -0.1) is 0 Å². The molecule has 1 aliphatic heterocycles. The molecule has 6 heteroatoms. The van der Waals surface area contributed by atoms with E-state index in [4.69, 9.17) is 4.74 Å². The number of ether oxygens (including phenoxy) is 1. The lowest BCUT2D eigenvalue weighted by molar-refractivity contribution is -0.140. The summed E-state index contributed by atoms with van der Waals surface area (Å²) in [5, 5.41) is 11.4. The average Bonchev–Trinajstić information content (AvgIpc) is 3.13. The molecule has 6 nitrogen and oxygen atoms in total. The van der Waals surface area contributed by atoms with Crippen LogP contribution in [-0.4, -0.2) is 33.8 Å². The summed E-state index contributed by atoms with van der Waals surface area (Å²) in [4.78, 5) is 32.0. The Bertz CT molecular complexity index is 1270. The highest BCUT2D eigenvalue weighted by molar-refractivity contribution is 6.46. The summed E-state index contributed by atoms with van der Waals surface area (Å²) in [6, 6.07) is 16.0. The molecule has 1 fully saturated rings. The first kappa shape index (κ1) is 21.9. The zero-order valence-corrected chi connectivity index (χ0v) is 19.0. The van der Waals surface area contributed by atoms with Crippen LogP contribution in [0, 0.1) is 0 Å². The second-order valence-corrected chi connectivity index (χ2v) is 8.75. The highest BCUT2D eigenvalue weighted by Crippen LogP contribution is 2.41. The van der Waals surface area contributed by atoms with Gasteiger partial charge in [0.15, 0.2) is 0 Å². The van der Waals surface area contributed by atoms with Crippen LogP contribution < -0.4 is 4.74 Å². The van der Waals surface area contributed by atoms with E-state index in [1.165, 1.54) is 16.0 Å². The molecule has 1 aliphatic carbocycles. The number of nitrogens with zero attached hydrogens (tertiary/aromatic N) is 2. The molecule has 1 N–H and O–H groups in total. The van der Waals surface area contributed by atoms with Crippen LogP contribution in [0.2, 0.25) is 0 Å². The van der Waals surface area contributed by atoms with Crippen molar-refractivity contribution in [2.24, 2.45) is 0 Å². The first-order valence-corrected chi connectivity index (χ1v) is 11.5. The molecule has 2 aromatic carbocycles. The topological polar surface area (TPSA) is 79.7 Å². The number of rotatable bonds is 5. The summed E-state index contributed by atoms with van der Waals surface area (Å²) in [7, 11) is 1.58. The van der Waals surface area contributed by atoms with Gasteiger partial charge in [-0.05, 0) is 78.3 Å². The predicted molar refractivity (Wildman–Crippen MR) is 128 cm³/mol. The summed E-state index contributed by atoms with van der Waals surface area (Å²) in [5.41, 5.74) is 4.74. The molecular formula is C28H26N2O4. The van der Waals surface area contributed by atoms with E-state index >= 15 is 0 Å². The molecule has 3 aromatic rings. The van der Waals surface area contributed by atoms with Crippen molar-refractivity contribution in [3.05, 3.63) is 100 Å². The van der Waals surface area contributed by atoms with Gasteiger partial charge >= 0.3 is 0 Å². The molecule has 0 radical (unpaired) electrons. The summed E-state index contributed by atoms with van der Waals surface area (Å²) >= 11 is 0. The van der Waals surface area contributed by atoms with Crippen LogP contribution in [0.1, 0.15) is 46.7 Å². The number of fused-ring (bicyclic) bond motifs is 1. The second kappa shape index (κ2) is 9.14. The summed E-state index contributed by atoms with van der Waals surface area (Å²) < 4.78 is 5.28. The Labute approximate surface area is 198 Å². The van der Waals surface area contributed by atoms with E-state index in [2.05, 4.69) is 4.98 Å². The molecule has 1 amide bonds. The van der Waals surface area contributed by atoms with Crippen molar-refractivity contribution in [1.82, 2.24) is 9.88 Å². The number of benzene rings is 2. The molecule has 2 heterocycles. The van der Waals surface area contributed by atoms with Crippen LogP contribution in [0.25, 0.3) is 5.76 Å². The minimum absolute atomic E-state index is 0.111. The minimum atomic E-state index is -0.713. The molecular weight excluding hydrogens is 428 g/mol. The van der Waals surface area contributed by atoms with E-state index in [1.54, 1.807) is 31.6 Å². The quantitative estimate of drug-likeness (QED) is 0.347. The van der Waals surface area contributed by atoms with Gasteiger partial charge in [-0.1, -0.05) is 24.3 Å². The van der Waals surface area contributed by atoms with Gasteiger partial charge in [0.1, 0.15) is 11.5 Å². The Balaban J connectivity index is 1.62. The molecule has 2 aliphatic rings. The Morgan fingerprint density at radius 1 is 1.00 bits per heavy atom. The van der Waals surface area contributed by atoms with Gasteiger partial charge in [0.05, 0.1) is 18.7 Å². The number of amides is 1. The third kappa shape index (κ3) is 3.96. The van der Waals surface area contributed by atoms with Crippen molar-refractivity contribution >= 4 is 17.4 Å². The number of carbonyl (C=O) groups is 2. The van der Waals surface area contributed by atoms with Gasteiger partial charge in [-0.3, -0.25) is 14.6 Å². The molecule has 1 saturated heterocycles. The fourth-order valence-electron chi connectivity index (χ4n) is 4.90. The van der Waals surface area contributed by atoms with E-state index in [1.807, 2.05) is 42.5 Å². The summed E-state index contributed by atoms with van der Waals surface area (Å²) in [5.74, 6) is -0.767. The largest absolute Gasteiger partial charge is 0.507 e. The minimum Gasteiger partial charge on any atom is -0.507 e. The number of carbonyl (C=O) groups excluding carboxylic acids is 2. The summed E-state index contributed by atoms with van der Waals surface area (Å²) in [6.07, 6.45) is 7.56. The van der Waals surface area contributed by atoms with Crippen LogP contribution in [0.5, 0.6) is 5.75 Å². The third-order valence-electron chi connectivity index (χ3n) is 6.70. The number of likely N-dealkylation sites (tertiary alicyclic amines) is 1. The lowest BCUT2D eigenvalue weighted by Gasteiger charge is -2.25. The van der Waals surface area contributed by atoms with Crippen molar-refractivity contribution in [2.45, 2.75) is 38.3 Å². The zero-order valence-electron chi connectivity index (χ0n) is 19.0. The van der Waals surface area contributed by atoms with Crippen molar-refractivity contribution in [3.63, 3.8) is 0 Å². The molecule has 0 bridgehead atoms. The normalized spacial score (nSPS) is 19.2. The smallest absolute Gasteiger partial charge is 0.295 e. The van der Waals surface area contributed by atoms with Crippen LogP contribution in [0.15, 0.2) is 72.6 Å². The van der Waals surface area contributed by atoms with E-state index in [9.17, 15) is 14.7 Å². The Hall–Kier alpha value is -3.93. The number of aliphatic hydroxyl groups excluding tert-OH is 1. The molecule has 0 saturated carbocycles. The van der Waals surface area contributed by atoms with Gasteiger partial charge in [0.2, 0.25) is 0 Å². The van der Waals surface area contributed by atoms with Crippen molar-refractivity contribution in [3.8, 4) is 5.75 Å². The molecule has 34 heavy (non-hydrogen) atoms. The van der Waals surface area contributed by atoms with Crippen LogP contribution in [-0.2, 0) is 29.0 Å². The second-order valence-electron chi connectivity index (χ2n) is 8.75. The first-order chi connectivity index (χ1) is 16.6. The molecule has 1 aromatic heterocycles. The number of hydrogen-bond acceptors (Lipinski definition) is 5. The number of aromatic nitrogens is 1. The number of methoxy groups -OCH3 is 1. The van der Waals surface area contributed by atoms with Gasteiger partial charge in [-0.25, -0.2) is 0 Å². The molecule has 172 valence electrons. The van der Waals surface area contributed by atoms with Crippen molar-refractivity contribution in [1.29, 1.82) is 0 Å². The molecule has 1 atom stereocenters. The van der Waals surface area contributed by atoms with Crippen molar-refractivity contribution < 1.29 is 19.4 Å². The van der Waals surface area contributed by atoms with E-state index in [0.717, 1.165) is 36.8 Å². The zero-order chi connectivity index (χ0) is 23.7. The fraction of sp³-hybridized carbons (Fsp3) is 0.250. The van der Waals surface area contributed by atoms with Gasteiger partial charge in [0, 0.05) is 24.5 Å². The van der Waals surface area contributed by atoms with Crippen LogP contribution in [0.4, 0.5) is 0 Å². The molecule has 1 unspecified atom stereocenters. The highest BCUT2D eigenvalue weighted by atomic mass is 16.5. The Morgan fingerprint density at radius 2 is 1.71 bits per heavy atom. The van der Waals surface area contributed by atoms with E-state index in [-0.39, 0.29) is 17.9 Å². The molecule has 5 rings (SSSR count). The monoisotopic (exact) mass is 454 g/mol. The standard InChI is InChI=1S/C28H26N2O4/c1-34-23-10-8-20(9-11-23)25-24(26(31)22-7-6-19-4-2-3-5-21(19)16-22)27(32)28(33)30(25)17-18-12-14-29-15-13-18/h6-16,25,31H,2-5,17H2,1H3/b26-24-. The van der Waals surface area contributed by atoms with Crippen LogP contribution >= 0.6 is 0 Å². The van der Waals surface area contributed by atoms with Gasteiger partial charge in [-0.2, -0.15) is 0 Å². The number of ketones is 1. The predicted octanol–water partition coefficient (Wildman–Crippen LogP) is 4.59. The highest BCUT2D eigenvalue weighted by Gasteiger charge is 2.46. The lowest BCUT2D eigenvalue weighted by atomic mass is 9.88. The molecule has 0 spiro atoms. The summed E-state index contributed by atoms with van der Waals surface area (Å²) in [6.45, 7) is 0.227.